The lowest BCUT2D eigenvalue weighted by molar-refractivity contribution is 0.482. The highest BCUT2D eigenvalue weighted by Crippen LogP contribution is 2.15. The van der Waals surface area contributed by atoms with E-state index in [0.717, 1.165) is 18.2 Å². The van der Waals surface area contributed by atoms with Crippen LogP contribution in [0.4, 0.5) is 4.39 Å². The number of hydrogen-bond acceptors (Lipinski definition) is 2. The second-order valence-electron chi connectivity index (χ2n) is 2.38. The standard InChI is InChI=1S/C7H7FO3S.ClH/c1-5-4-6(8)2-3-7(5)12(9,10)11;/h2-4H,1H3,(H,9,10,11);1H. The summed E-state index contributed by atoms with van der Waals surface area (Å²) >= 11 is 0. The summed E-state index contributed by atoms with van der Waals surface area (Å²) in [6.07, 6.45) is 0. The van der Waals surface area contributed by atoms with E-state index in [1.807, 2.05) is 0 Å². The van der Waals surface area contributed by atoms with E-state index in [1.54, 1.807) is 0 Å². The van der Waals surface area contributed by atoms with E-state index in [9.17, 15) is 12.8 Å². The summed E-state index contributed by atoms with van der Waals surface area (Å²) in [5.74, 6) is -0.528. The van der Waals surface area contributed by atoms with Gasteiger partial charge >= 0.3 is 0 Å². The molecule has 0 saturated carbocycles. The molecule has 3 nitrogen and oxygen atoms in total. The third-order valence-electron chi connectivity index (χ3n) is 1.41. The van der Waals surface area contributed by atoms with E-state index in [2.05, 4.69) is 0 Å². The summed E-state index contributed by atoms with van der Waals surface area (Å²) in [5.41, 5.74) is 0.192. The fourth-order valence-corrected chi connectivity index (χ4v) is 1.61. The van der Waals surface area contributed by atoms with E-state index in [4.69, 9.17) is 4.55 Å². The molecule has 0 aliphatic rings. The maximum Gasteiger partial charge on any atom is 0.294 e. The molecular weight excluding hydrogens is 219 g/mol. The maximum atomic E-state index is 12.5. The van der Waals surface area contributed by atoms with Gasteiger partial charge in [-0.2, -0.15) is 8.42 Å². The predicted octanol–water partition coefficient (Wildman–Crippen LogP) is 1.80. The Bertz CT molecular complexity index is 402. The number of halogens is 2. The molecule has 0 radical (unpaired) electrons. The Morgan fingerprint density at radius 3 is 2.31 bits per heavy atom. The molecular formula is C7H8ClFO3S. The van der Waals surface area contributed by atoms with Gasteiger partial charge in [0, 0.05) is 0 Å². The van der Waals surface area contributed by atoms with Gasteiger partial charge in [-0.25, -0.2) is 4.39 Å². The van der Waals surface area contributed by atoms with Gasteiger partial charge in [0.1, 0.15) is 5.82 Å². The molecule has 1 aromatic rings. The molecule has 0 saturated heterocycles. The van der Waals surface area contributed by atoms with Crippen LogP contribution in [0.1, 0.15) is 5.56 Å². The zero-order valence-corrected chi connectivity index (χ0v) is 8.32. The minimum atomic E-state index is -4.22. The minimum Gasteiger partial charge on any atom is -0.282 e. The van der Waals surface area contributed by atoms with Crippen molar-refractivity contribution in [2.45, 2.75) is 11.8 Å². The Morgan fingerprint density at radius 1 is 1.38 bits per heavy atom. The summed E-state index contributed by atoms with van der Waals surface area (Å²) in [6.45, 7) is 1.41. The minimum absolute atomic E-state index is 0. The predicted molar refractivity (Wildman–Crippen MR) is 48.2 cm³/mol. The molecule has 0 aliphatic heterocycles. The van der Waals surface area contributed by atoms with Crippen molar-refractivity contribution in [1.82, 2.24) is 0 Å². The highest BCUT2D eigenvalue weighted by Gasteiger charge is 2.12. The molecule has 1 N–H and O–H groups in total. The molecule has 0 unspecified atom stereocenters. The van der Waals surface area contributed by atoms with Crippen LogP contribution >= 0.6 is 12.4 Å². The third kappa shape index (κ3) is 2.95. The molecule has 0 amide bonds. The highest BCUT2D eigenvalue weighted by molar-refractivity contribution is 7.85. The Labute approximate surface area is 81.7 Å². The van der Waals surface area contributed by atoms with Crippen LogP contribution in [0.5, 0.6) is 0 Å². The van der Waals surface area contributed by atoms with Crippen molar-refractivity contribution >= 4 is 22.5 Å². The molecule has 13 heavy (non-hydrogen) atoms. The summed E-state index contributed by atoms with van der Waals surface area (Å²) < 4.78 is 42.3. The monoisotopic (exact) mass is 226 g/mol. The second kappa shape index (κ2) is 4.04. The molecule has 0 aliphatic carbocycles. The van der Waals surface area contributed by atoms with Crippen molar-refractivity contribution < 1.29 is 17.4 Å². The van der Waals surface area contributed by atoms with Crippen molar-refractivity contribution in [2.75, 3.05) is 0 Å². The van der Waals surface area contributed by atoms with Gasteiger partial charge in [0.2, 0.25) is 0 Å². The van der Waals surface area contributed by atoms with Crippen LogP contribution in [-0.2, 0) is 10.1 Å². The quantitative estimate of drug-likeness (QED) is 0.743. The summed E-state index contributed by atoms with van der Waals surface area (Å²) in [7, 11) is -4.22. The summed E-state index contributed by atoms with van der Waals surface area (Å²) in [6, 6.07) is 3.05. The van der Waals surface area contributed by atoms with Gasteiger partial charge in [-0.05, 0) is 30.7 Å². The first-order valence-corrected chi connectivity index (χ1v) is 4.59. The molecule has 0 aromatic heterocycles. The summed E-state index contributed by atoms with van der Waals surface area (Å²) in [5, 5.41) is 0. The van der Waals surface area contributed by atoms with E-state index >= 15 is 0 Å². The normalized spacial score (nSPS) is 10.7. The molecule has 0 atom stereocenters. The van der Waals surface area contributed by atoms with Gasteiger partial charge in [-0.15, -0.1) is 12.4 Å². The van der Waals surface area contributed by atoms with Gasteiger partial charge < -0.3 is 0 Å². The van der Waals surface area contributed by atoms with Crippen LogP contribution in [-0.4, -0.2) is 13.0 Å². The van der Waals surface area contributed by atoms with Gasteiger partial charge in [-0.1, -0.05) is 0 Å². The first-order valence-electron chi connectivity index (χ1n) is 3.15. The topological polar surface area (TPSA) is 54.4 Å². The van der Waals surface area contributed by atoms with Gasteiger partial charge in [0.25, 0.3) is 10.1 Å². The number of benzene rings is 1. The summed E-state index contributed by atoms with van der Waals surface area (Å²) in [4.78, 5) is -0.260. The molecule has 1 aromatic carbocycles. The van der Waals surface area contributed by atoms with Crippen LogP contribution in [0.25, 0.3) is 0 Å². The lowest BCUT2D eigenvalue weighted by Gasteiger charge is -2.00. The van der Waals surface area contributed by atoms with Gasteiger partial charge in [0.05, 0.1) is 4.90 Å². The second-order valence-corrected chi connectivity index (χ2v) is 3.77. The Hall–Kier alpha value is -0.650. The third-order valence-corrected chi connectivity index (χ3v) is 2.43. The fourth-order valence-electron chi connectivity index (χ4n) is 0.902. The Balaban J connectivity index is 0.00000144. The van der Waals surface area contributed by atoms with Crippen LogP contribution < -0.4 is 0 Å². The van der Waals surface area contributed by atoms with Gasteiger partial charge in [0.15, 0.2) is 0 Å². The zero-order chi connectivity index (χ0) is 9.35. The van der Waals surface area contributed by atoms with E-state index in [0.29, 0.717) is 0 Å². The largest absolute Gasteiger partial charge is 0.294 e. The molecule has 74 valence electrons. The van der Waals surface area contributed by atoms with Crippen LogP contribution in [0.3, 0.4) is 0 Å². The lowest BCUT2D eigenvalue weighted by Crippen LogP contribution is -2.00. The van der Waals surface area contributed by atoms with Crippen molar-refractivity contribution in [1.29, 1.82) is 0 Å². The smallest absolute Gasteiger partial charge is 0.282 e. The van der Waals surface area contributed by atoms with E-state index < -0.39 is 15.9 Å². The average Bonchev–Trinajstić information content (AvgIpc) is 1.83. The SMILES string of the molecule is Cc1cc(F)ccc1S(=O)(=O)O.Cl. The Morgan fingerprint density at radius 2 is 1.92 bits per heavy atom. The molecule has 6 heteroatoms. The maximum absolute atomic E-state index is 12.5. The molecule has 0 heterocycles. The molecule has 0 bridgehead atoms. The first kappa shape index (κ1) is 12.3. The molecule has 1 rings (SSSR count). The van der Waals surface area contributed by atoms with Crippen LogP contribution in [0.2, 0.25) is 0 Å². The average molecular weight is 227 g/mol. The van der Waals surface area contributed by atoms with Crippen LogP contribution in [0.15, 0.2) is 23.1 Å². The fraction of sp³-hybridized carbons (Fsp3) is 0.143. The molecule has 0 spiro atoms. The highest BCUT2D eigenvalue weighted by atomic mass is 35.5. The number of hydrogen-bond donors (Lipinski definition) is 1. The molecule has 0 fully saturated rings. The van der Waals surface area contributed by atoms with E-state index in [-0.39, 0.29) is 22.9 Å². The van der Waals surface area contributed by atoms with Crippen LogP contribution in [0, 0.1) is 12.7 Å². The van der Waals surface area contributed by atoms with E-state index in [1.165, 1.54) is 6.92 Å². The van der Waals surface area contributed by atoms with Crippen molar-refractivity contribution in [3.8, 4) is 0 Å². The van der Waals surface area contributed by atoms with Crippen molar-refractivity contribution in [3.63, 3.8) is 0 Å². The first-order chi connectivity index (χ1) is 5.41. The van der Waals surface area contributed by atoms with Crippen molar-refractivity contribution in [3.05, 3.63) is 29.6 Å². The van der Waals surface area contributed by atoms with Gasteiger partial charge in [-0.3, -0.25) is 4.55 Å². The zero-order valence-electron chi connectivity index (χ0n) is 6.69. The number of aryl methyl sites for hydroxylation is 1. The Kier molecular flexibility index (Phi) is 3.84. The lowest BCUT2D eigenvalue weighted by atomic mass is 10.2. The van der Waals surface area contributed by atoms with Crippen molar-refractivity contribution in [2.24, 2.45) is 0 Å². The number of rotatable bonds is 1.